The standard InChI is InChI=1S/C15H13NO3S/c17-11-12-4-3-6-14(10-12)20-9-8-13-5-1-2-7-15(13)16(18)19/h1-7,10-11H,8-9H2. The average Bonchev–Trinajstić information content (AvgIpc) is 2.48. The Labute approximate surface area is 121 Å². The van der Waals surface area contributed by atoms with E-state index < -0.39 is 0 Å². The van der Waals surface area contributed by atoms with Crippen molar-refractivity contribution in [2.75, 3.05) is 5.75 Å². The van der Waals surface area contributed by atoms with Crippen LogP contribution in [0.5, 0.6) is 0 Å². The van der Waals surface area contributed by atoms with E-state index in [1.54, 1.807) is 36.0 Å². The highest BCUT2D eigenvalue weighted by atomic mass is 32.2. The largest absolute Gasteiger partial charge is 0.298 e. The van der Waals surface area contributed by atoms with E-state index in [9.17, 15) is 14.9 Å². The molecular weight excluding hydrogens is 274 g/mol. The summed E-state index contributed by atoms with van der Waals surface area (Å²) in [6, 6.07) is 14.1. The number of rotatable bonds is 6. The van der Waals surface area contributed by atoms with Gasteiger partial charge >= 0.3 is 0 Å². The minimum Gasteiger partial charge on any atom is -0.298 e. The number of aldehydes is 1. The first-order chi connectivity index (χ1) is 9.70. The van der Waals surface area contributed by atoms with E-state index in [4.69, 9.17) is 0 Å². The van der Waals surface area contributed by atoms with E-state index in [1.165, 1.54) is 6.07 Å². The van der Waals surface area contributed by atoms with Gasteiger partial charge in [0.1, 0.15) is 6.29 Å². The molecule has 2 aromatic rings. The van der Waals surface area contributed by atoms with Gasteiger partial charge in [0.05, 0.1) is 4.92 Å². The number of hydrogen-bond donors (Lipinski definition) is 0. The van der Waals surface area contributed by atoms with Crippen molar-refractivity contribution in [3.63, 3.8) is 0 Å². The molecule has 0 atom stereocenters. The Morgan fingerprint density at radius 2 is 1.95 bits per heavy atom. The highest BCUT2D eigenvalue weighted by molar-refractivity contribution is 7.99. The summed E-state index contributed by atoms with van der Waals surface area (Å²) in [6.07, 6.45) is 1.43. The number of carbonyl (C=O) groups is 1. The van der Waals surface area contributed by atoms with Crippen LogP contribution in [-0.2, 0) is 6.42 Å². The average molecular weight is 287 g/mol. The molecule has 0 heterocycles. The van der Waals surface area contributed by atoms with Crippen LogP contribution in [0, 0.1) is 10.1 Å². The van der Waals surface area contributed by atoms with Crippen molar-refractivity contribution >= 4 is 23.7 Å². The van der Waals surface area contributed by atoms with Crippen molar-refractivity contribution in [3.8, 4) is 0 Å². The Morgan fingerprint density at radius 3 is 2.70 bits per heavy atom. The summed E-state index contributed by atoms with van der Waals surface area (Å²) in [7, 11) is 0. The number of nitro groups is 1. The topological polar surface area (TPSA) is 60.2 Å². The quantitative estimate of drug-likeness (QED) is 0.351. The molecule has 4 nitrogen and oxygen atoms in total. The molecule has 0 aromatic heterocycles. The summed E-state index contributed by atoms with van der Waals surface area (Å²) < 4.78 is 0. The summed E-state index contributed by atoms with van der Waals surface area (Å²) in [6.45, 7) is 0. The number of nitrogens with zero attached hydrogens (tertiary/aromatic N) is 1. The van der Waals surface area contributed by atoms with E-state index in [0.717, 1.165) is 22.5 Å². The second-order valence-electron chi connectivity index (χ2n) is 4.17. The molecule has 20 heavy (non-hydrogen) atoms. The first-order valence-corrected chi connectivity index (χ1v) is 7.09. The van der Waals surface area contributed by atoms with Gasteiger partial charge < -0.3 is 0 Å². The second-order valence-corrected chi connectivity index (χ2v) is 5.34. The Morgan fingerprint density at radius 1 is 1.15 bits per heavy atom. The molecule has 0 spiro atoms. The SMILES string of the molecule is O=Cc1cccc(SCCc2ccccc2[N+](=O)[O-])c1. The summed E-state index contributed by atoms with van der Waals surface area (Å²) >= 11 is 1.58. The van der Waals surface area contributed by atoms with Crippen LogP contribution in [0.3, 0.4) is 0 Å². The third-order valence-corrected chi connectivity index (χ3v) is 3.82. The molecule has 0 saturated heterocycles. The lowest BCUT2D eigenvalue weighted by Gasteiger charge is -2.04. The molecule has 0 aliphatic rings. The predicted molar refractivity (Wildman–Crippen MR) is 79.4 cm³/mol. The van der Waals surface area contributed by atoms with Crippen molar-refractivity contribution in [2.24, 2.45) is 0 Å². The molecule has 0 amide bonds. The Balaban J connectivity index is 1.99. The Hall–Kier alpha value is -2.14. The molecule has 0 bridgehead atoms. The highest BCUT2D eigenvalue weighted by Gasteiger charge is 2.11. The smallest absolute Gasteiger partial charge is 0.272 e. The minimum absolute atomic E-state index is 0.162. The zero-order valence-electron chi connectivity index (χ0n) is 10.7. The highest BCUT2D eigenvalue weighted by Crippen LogP contribution is 2.23. The van der Waals surface area contributed by atoms with Crippen LogP contribution in [0.15, 0.2) is 53.4 Å². The van der Waals surface area contributed by atoms with Gasteiger partial charge in [-0.2, -0.15) is 0 Å². The van der Waals surface area contributed by atoms with Crippen LogP contribution in [0.1, 0.15) is 15.9 Å². The first kappa shape index (κ1) is 14.3. The number of carbonyl (C=O) groups excluding carboxylic acids is 1. The molecule has 5 heteroatoms. The van der Waals surface area contributed by atoms with Crippen molar-refractivity contribution in [1.29, 1.82) is 0 Å². The van der Waals surface area contributed by atoms with Crippen LogP contribution in [0.4, 0.5) is 5.69 Å². The fourth-order valence-corrected chi connectivity index (χ4v) is 2.81. The van der Waals surface area contributed by atoms with Crippen molar-refractivity contribution in [3.05, 3.63) is 69.8 Å². The van der Waals surface area contributed by atoms with Crippen LogP contribution in [-0.4, -0.2) is 17.0 Å². The zero-order chi connectivity index (χ0) is 14.4. The number of nitro benzene ring substituents is 1. The fourth-order valence-electron chi connectivity index (χ4n) is 1.86. The van der Waals surface area contributed by atoms with Crippen LogP contribution < -0.4 is 0 Å². The summed E-state index contributed by atoms with van der Waals surface area (Å²) in [5.41, 5.74) is 1.53. The molecular formula is C15H13NO3S. The molecule has 0 aliphatic carbocycles. The maximum atomic E-state index is 10.9. The zero-order valence-corrected chi connectivity index (χ0v) is 11.5. The molecule has 2 rings (SSSR count). The van der Waals surface area contributed by atoms with Gasteiger partial charge in [-0.1, -0.05) is 30.3 Å². The maximum Gasteiger partial charge on any atom is 0.272 e. The number of hydrogen-bond acceptors (Lipinski definition) is 4. The third kappa shape index (κ3) is 3.68. The Kier molecular flexibility index (Phi) is 4.90. The number of para-hydroxylation sites is 1. The molecule has 0 N–H and O–H groups in total. The minimum atomic E-state index is -0.354. The van der Waals surface area contributed by atoms with Gasteiger partial charge in [-0.15, -0.1) is 11.8 Å². The molecule has 0 aliphatic heterocycles. The molecule has 0 saturated carbocycles. The van der Waals surface area contributed by atoms with Gasteiger partial charge in [-0.05, 0) is 18.6 Å². The van der Waals surface area contributed by atoms with Gasteiger partial charge in [-0.25, -0.2) is 0 Å². The lowest BCUT2D eigenvalue weighted by molar-refractivity contribution is -0.385. The predicted octanol–water partition coefficient (Wildman–Crippen LogP) is 3.74. The fraction of sp³-hybridized carbons (Fsp3) is 0.133. The molecule has 2 aromatic carbocycles. The van der Waals surface area contributed by atoms with Gasteiger partial charge in [-0.3, -0.25) is 14.9 Å². The van der Waals surface area contributed by atoms with Crippen molar-refractivity contribution in [2.45, 2.75) is 11.3 Å². The van der Waals surface area contributed by atoms with Crippen LogP contribution in [0.2, 0.25) is 0 Å². The Bertz CT molecular complexity index is 628. The first-order valence-electron chi connectivity index (χ1n) is 6.11. The van der Waals surface area contributed by atoms with Crippen LogP contribution >= 0.6 is 11.8 Å². The number of aryl methyl sites for hydroxylation is 1. The van der Waals surface area contributed by atoms with E-state index in [-0.39, 0.29) is 10.6 Å². The maximum absolute atomic E-state index is 10.9. The number of thioether (sulfide) groups is 1. The lowest BCUT2D eigenvalue weighted by Crippen LogP contribution is -1.96. The van der Waals surface area contributed by atoms with E-state index in [0.29, 0.717) is 12.0 Å². The molecule has 0 fully saturated rings. The summed E-state index contributed by atoms with van der Waals surface area (Å²) in [5.74, 6) is 0.729. The summed E-state index contributed by atoms with van der Waals surface area (Å²) in [4.78, 5) is 22.2. The number of benzene rings is 2. The van der Waals surface area contributed by atoms with Gasteiger partial charge in [0.25, 0.3) is 5.69 Å². The van der Waals surface area contributed by atoms with E-state index >= 15 is 0 Å². The van der Waals surface area contributed by atoms with Gasteiger partial charge in [0, 0.05) is 27.8 Å². The molecule has 102 valence electrons. The van der Waals surface area contributed by atoms with Gasteiger partial charge in [0.15, 0.2) is 0 Å². The second kappa shape index (κ2) is 6.86. The van der Waals surface area contributed by atoms with Crippen molar-refractivity contribution in [1.82, 2.24) is 0 Å². The van der Waals surface area contributed by atoms with Crippen molar-refractivity contribution < 1.29 is 9.72 Å². The van der Waals surface area contributed by atoms with E-state index in [2.05, 4.69) is 0 Å². The van der Waals surface area contributed by atoms with Crippen LogP contribution in [0.25, 0.3) is 0 Å². The van der Waals surface area contributed by atoms with Gasteiger partial charge in [0.2, 0.25) is 0 Å². The van der Waals surface area contributed by atoms with E-state index in [1.807, 2.05) is 18.2 Å². The lowest BCUT2D eigenvalue weighted by atomic mass is 10.1. The molecule has 0 radical (unpaired) electrons. The summed E-state index contributed by atoms with van der Waals surface area (Å²) in [5, 5.41) is 10.9. The third-order valence-electron chi connectivity index (χ3n) is 2.82. The monoisotopic (exact) mass is 287 g/mol. The molecule has 0 unspecified atom stereocenters. The normalized spacial score (nSPS) is 10.2.